The fraction of sp³-hybridized carbons (Fsp3) is 0.647. The van der Waals surface area contributed by atoms with Gasteiger partial charge in [-0.05, 0) is 45.9 Å². The number of benzene rings is 1. The van der Waals surface area contributed by atoms with Gasteiger partial charge in [-0.3, -0.25) is 0 Å². The van der Waals surface area contributed by atoms with Crippen molar-refractivity contribution in [3.63, 3.8) is 0 Å². The maximum absolute atomic E-state index is 6.10. The second-order valence-corrected chi connectivity index (χ2v) is 6.84. The van der Waals surface area contributed by atoms with Gasteiger partial charge in [-0.2, -0.15) is 0 Å². The van der Waals surface area contributed by atoms with E-state index in [2.05, 4.69) is 0 Å². The molecule has 1 aromatic rings. The summed E-state index contributed by atoms with van der Waals surface area (Å²) >= 11 is 0. The molecule has 0 atom stereocenters. The van der Waals surface area contributed by atoms with Crippen molar-refractivity contribution < 1.29 is 23.5 Å². The third-order valence-electron chi connectivity index (χ3n) is 4.46. The summed E-state index contributed by atoms with van der Waals surface area (Å²) in [4.78, 5) is 0. The van der Waals surface area contributed by atoms with Crippen molar-refractivity contribution >= 4 is 18.3 Å². The van der Waals surface area contributed by atoms with Crippen LogP contribution in [0.15, 0.2) is 18.2 Å². The Morgan fingerprint density at radius 1 is 1.00 bits per heavy atom. The zero-order valence-electron chi connectivity index (χ0n) is 15.3. The number of hydrogen-bond acceptors (Lipinski definition) is 6. The molecule has 0 amide bonds. The van der Waals surface area contributed by atoms with Crippen molar-refractivity contribution in [3.8, 4) is 5.75 Å². The molecule has 0 aliphatic carbocycles. The second kappa shape index (κ2) is 7.74. The predicted octanol–water partition coefficient (Wildman–Crippen LogP) is 1.61. The van der Waals surface area contributed by atoms with Crippen LogP contribution in [0.3, 0.4) is 0 Å². The standard InChI is InChI=1S/C17H28BNO5/c1-16(2)17(3,4)24-18(23-16)14-12-13(19)6-7-15(14)22-11-10-21-9-8-20-5/h6-7,12H,8-11,19H2,1-5H3. The van der Waals surface area contributed by atoms with E-state index in [0.717, 1.165) is 5.46 Å². The van der Waals surface area contributed by atoms with Crippen molar-refractivity contribution in [1.82, 2.24) is 0 Å². The van der Waals surface area contributed by atoms with Crippen molar-refractivity contribution in [1.29, 1.82) is 0 Å². The Hall–Kier alpha value is -1.28. The van der Waals surface area contributed by atoms with Gasteiger partial charge in [0.2, 0.25) is 0 Å². The Balaban J connectivity index is 2.03. The number of anilines is 1. The third-order valence-corrected chi connectivity index (χ3v) is 4.46. The van der Waals surface area contributed by atoms with Crippen LogP contribution < -0.4 is 15.9 Å². The van der Waals surface area contributed by atoms with E-state index < -0.39 is 18.3 Å². The Morgan fingerprint density at radius 2 is 1.62 bits per heavy atom. The minimum atomic E-state index is -0.511. The lowest BCUT2D eigenvalue weighted by molar-refractivity contribution is 0.00578. The van der Waals surface area contributed by atoms with Gasteiger partial charge in [0.05, 0.1) is 31.0 Å². The lowest BCUT2D eigenvalue weighted by Crippen LogP contribution is -2.41. The Kier molecular flexibility index (Phi) is 6.14. The molecule has 1 heterocycles. The first-order chi connectivity index (χ1) is 11.3. The summed E-state index contributed by atoms with van der Waals surface area (Å²) in [5.74, 6) is 0.693. The van der Waals surface area contributed by atoms with Crippen LogP contribution in [0.5, 0.6) is 5.75 Å². The van der Waals surface area contributed by atoms with Gasteiger partial charge >= 0.3 is 7.12 Å². The first-order valence-corrected chi connectivity index (χ1v) is 8.21. The number of methoxy groups -OCH3 is 1. The molecule has 0 aromatic heterocycles. The molecule has 0 bridgehead atoms. The van der Waals surface area contributed by atoms with Crippen molar-refractivity contribution in [2.75, 3.05) is 39.3 Å². The minimum Gasteiger partial charge on any atom is -0.492 e. The molecule has 0 radical (unpaired) electrons. The van der Waals surface area contributed by atoms with Crippen molar-refractivity contribution in [3.05, 3.63) is 18.2 Å². The molecule has 1 fully saturated rings. The van der Waals surface area contributed by atoms with Crippen LogP contribution in [0.1, 0.15) is 27.7 Å². The SMILES string of the molecule is COCCOCCOc1ccc(N)cc1B1OC(C)(C)C(C)(C)O1. The zero-order chi connectivity index (χ0) is 17.8. The largest absolute Gasteiger partial charge is 0.498 e. The van der Waals surface area contributed by atoms with Crippen LogP contribution in [0, 0.1) is 0 Å². The Bertz CT molecular complexity index is 534. The van der Waals surface area contributed by atoms with Crippen LogP contribution in [0.2, 0.25) is 0 Å². The number of rotatable bonds is 8. The fourth-order valence-electron chi connectivity index (χ4n) is 2.31. The molecule has 1 aromatic carbocycles. The summed E-state index contributed by atoms with van der Waals surface area (Å²) in [5, 5.41) is 0. The second-order valence-electron chi connectivity index (χ2n) is 6.84. The van der Waals surface area contributed by atoms with Crippen LogP contribution >= 0.6 is 0 Å². The van der Waals surface area contributed by atoms with Gasteiger partial charge in [-0.1, -0.05) is 0 Å². The predicted molar refractivity (Wildman–Crippen MR) is 94.8 cm³/mol. The smallest absolute Gasteiger partial charge is 0.492 e. The van der Waals surface area contributed by atoms with E-state index >= 15 is 0 Å². The molecule has 7 heteroatoms. The van der Waals surface area contributed by atoms with Gasteiger partial charge in [0, 0.05) is 18.3 Å². The third kappa shape index (κ3) is 4.42. The Morgan fingerprint density at radius 3 is 2.25 bits per heavy atom. The molecule has 1 saturated heterocycles. The first kappa shape index (κ1) is 19.1. The average molecular weight is 337 g/mol. The lowest BCUT2D eigenvalue weighted by Gasteiger charge is -2.32. The molecular weight excluding hydrogens is 309 g/mol. The molecule has 2 rings (SSSR count). The molecule has 2 N–H and O–H groups in total. The number of hydrogen-bond donors (Lipinski definition) is 1. The highest BCUT2D eigenvalue weighted by Crippen LogP contribution is 2.37. The highest BCUT2D eigenvalue weighted by molar-refractivity contribution is 6.63. The molecule has 0 spiro atoms. The molecule has 1 aliphatic rings. The van der Waals surface area contributed by atoms with E-state index in [1.165, 1.54) is 0 Å². The molecule has 1 aliphatic heterocycles. The van der Waals surface area contributed by atoms with Gasteiger partial charge in [0.1, 0.15) is 12.4 Å². The summed E-state index contributed by atoms with van der Waals surface area (Å²) in [6.07, 6.45) is 0. The van der Waals surface area contributed by atoms with Crippen LogP contribution in [0.25, 0.3) is 0 Å². The summed E-state index contributed by atoms with van der Waals surface area (Å²) < 4.78 is 28.4. The van der Waals surface area contributed by atoms with E-state index in [4.69, 9.17) is 29.3 Å². The molecule has 6 nitrogen and oxygen atoms in total. The lowest BCUT2D eigenvalue weighted by atomic mass is 9.78. The summed E-state index contributed by atoms with van der Waals surface area (Å²) in [7, 11) is 1.13. The maximum Gasteiger partial charge on any atom is 0.498 e. The first-order valence-electron chi connectivity index (χ1n) is 8.21. The number of nitrogen functional groups attached to an aromatic ring is 1. The van der Waals surface area contributed by atoms with Crippen molar-refractivity contribution in [2.45, 2.75) is 38.9 Å². The van der Waals surface area contributed by atoms with Gasteiger partial charge in [-0.15, -0.1) is 0 Å². The molecule has 24 heavy (non-hydrogen) atoms. The van der Waals surface area contributed by atoms with Crippen LogP contribution in [0.4, 0.5) is 5.69 Å². The van der Waals surface area contributed by atoms with E-state index in [1.54, 1.807) is 13.2 Å². The molecule has 0 unspecified atom stereocenters. The summed E-state index contributed by atoms with van der Waals surface area (Å²) in [5.41, 5.74) is 6.55. The monoisotopic (exact) mass is 337 g/mol. The van der Waals surface area contributed by atoms with Gasteiger partial charge in [0.25, 0.3) is 0 Å². The van der Waals surface area contributed by atoms with E-state index in [0.29, 0.717) is 37.9 Å². The molecule has 0 saturated carbocycles. The quantitative estimate of drug-likeness (QED) is 0.441. The van der Waals surface area contributed by atoms with Crippen molar-refractivity contribution in [2.24, 2.45) is 0 Å². The van der Waals surface area contributed by atoms with Gasteiger partial charge in [0.15, 0.2) is 0 Å². The van der Waals surface area contributed by atoms with E-state index in [9.17, 15) is 0 Å². The molecular formula is C17H28BNO5. The minimum absolute atomic E-state index is 0.414. The normalized spacial score (nSPS) is 18.8. The van der Waals surface area contributed by atoms with Crippen LogP contribution in [-0.2, 0) is 18.8 Å². The van der Waals surface area contributed by atoms with E-state index in [-0.39, 0.29) is 0 Å². The Labute approximate surface area is 144 Å². The summed E-state index contributed by atoms with van der Waals surface area (Å²) in [6.45, 7) is 10.1. The zero-order valence-corrected chi connectivity index (χ0v) is 15.3. The number of ether oxygens (including phenoxy) is 3. The van der Waals surface area contributed by atoms with Crippen LogP contribution in [-0.4, -0.2) is 51.9 Å². The van der Waals surface area contributed by atoms with Gasteiger partial charge in [-0.25, -0.2) is 0 Å². The van der Waals surface area contributed by atoms with Gasteiger partial charge < -0.3 is 29.3 Å². The topological polar surface area (TPSA) is 72.2 Å². The maximum atomic E-state index is 6.10. The highest BCUT2D eigenvalue weighted by Gasteiger charge is 2.52. The summed E-state index contributed by atoms with van der Waals surface area (Å²) in [6, 6.07) is 5.48. The highest BCUT2D eigenvalue weighted by atomic mass is 16.7. The number of nitrogens with two attached hydrogens (primary N) is 1. The fourth-order valence-corrected chi connectivity index (χ4v) is 2.31. The average Bonchev–Trinajstić information content (AvgIpc) is 2.72. The van der Waals surface area contributed by atoms with E-state index in [1.807, 2.05) is 39.8 Å². The molecule has 134 valence electrons.